The summed E-state index contributed by atoms with van der Waals surface area (Å²) in [4.78, 5) is 7.12. The monoisotopic (exact) mass is 328 g/mol. The van der Waals surface area contributed by atoms with Gasteiger partial charge in [0.15, 0.2) is 5.89 Å². The number of aryl methyl sites for hydroxylation is 3. The number of fused-ring (bicyclic) bond motifs is 2. The number of nitrogens with zero attached hydrogens (tertiary/aromatic N) is 2. The van der Waals surface area contributed by atoms with Crippen LogP contribution in [0.2, 0.25) is 5.02 Å². The maximum Gasteiger partial charge on any atom is 0.191 e. The molecule has 1 fully saturated rings. The van der Waals surface area contributed by atoms with Crippen molar-refractivity contribution in [1.82, 2.24) is 9.88 Å². The standard InChI is InChI=1S/C19H21ClN2O/c1-12-21-19-17(23-12)6-4-13-3-5-15(20)11-16(13)18(19)14-7-9-22(2)10-8-14/h3,5,11H,4,6-10H2,1-2H3. The van der Waals surface area contributed by atoms with Gasteiger partial charge in [-0.05, 0) is 49.6 Å². The second-order valence-electron chi connectivity index (χ2n) is 6.59. The fourth-order valence-corrected chi connectivity index (χ4v) is 3.88. The molecule has 0 saturated carbocycles. The summed E-state index contributed by atoms with van der Waals surface area (Å²) in [5, 5.41) is 0.790. The van der Waals surface area contributed by atoms with Crippen LogP contribution in [0.25, 0.3) is 5.57 Å². The highest BCUT2D eigenvalue weighted by Gasteiger charge is 2.27. The molecule has 1 aromatic heterocycles. The van der Waals surface area contributed by atoms with E-state index < -0.39 is 0 Å². The third-order valence-corrected chi connectivity index (χ3v) is 5.18. The van der Waals surface area contributed by atoms with E-state index in [9.17, 15) is 0 Å². The second kappa shape index (κ2) is 5.81. The van der Waals surface area contributed by atoms with Gasteiger partial charge in [0, 0.05) is 37.0 Å². The van der Waals surface area contributed by atoms with Gasteiger partial charge < -0.3 is 9.32 Å². The van der Waals surface area contributed by atoms with E-state index in [4.69, 9.17) is 21.0 Å². The Morgan fingerprint density at radius 1 is 1.13 bits per heavy atom. The molecule has 0 spiro atoms. The van der Waals surface area contributed by atoms with Crippen LogP contribution in [-0.4, -0.2) is 30.0 Å². The number of hydrogen-bond acceptors (Lipinski definition) is 3. The van der Waals surface area contributed by atoms with Crippen LogP contribution >= 0.6 is 11.6 Å². The maximum atomic E-state index is 6.31. The first-order valence-electron chi connectivity index (χ1n) is 8.28. The van der Waals surface area contributed by atoms with Crippen molar-refractivity contribution >= 4 is 17.2 Å². The molecule has 1 aromatic carbocycles. The van der Waals surface area contributed by atoms with Crippen LogP contribution in [0.3, 0.4) is 0 Å². The number of halogens is 1. The van der Waals surface area contributed by atoms with Gasteiger partial charge in [0.05, 0.1) is 0 Å². The first-order valence-corrected chi connectivity index (χ1v) is 8.65. The van der Waals surface area contributed by atoms with Gasteiger partial charge in [-0.2, -0.15) is 0 Å². The zero-order valence-corrected chi connectivity index (χ0v) is 14.4. The third-order valence-electron chi connectivity index (χ3n) is 4.95. The van der Waals surface area contributed by atoms with E-state index in [2.05, 4.69) is 24.1 Å². The summed E-state index contributed by atoms with van der Waals surface area (Å²) in [5.41, 5.74) is 6.41. The van der Waals surface area contributed by atoms with E-state index in [1.807, 2.05) is 13.0 Å². The average Bonchev–Trinajstić information content (AvgIpc) is 2.82. The number of aromatic nitrogens is 1. The molecule has 4 rings (SSSR count). The minimum atomic E-state index is 0.756. The summed E-state index contributed by atoms with van der Waals surface area (Å²) in [7, 11) is 2.19. The Morgan fingerprint density at radius 2 is 1.91 bits per heavy atom. The first-order chi connectivity index (χ1) is 11.1. The van der Waals surface area contributed by atoms with Gasteiger partial charge in [-0.3, -0.25) is 0 Å². The molecule has 0 atom stereocenters. The van der Waals surface area contributed by atoms with E-state index in [0.29, 0.717) is 0 Å². The highest BCUT2D eigenvalue weighted by atomic mass is 35.5. The summed E-state index contributed by atoms with van der Waals surface area (Å²) in [6.07, 6.45) is 4.05. The quantitative estimate of drug-likeness (QED) is 0.723. The lowest BCUT2D eigenvalue weighted by Gasteiger charge is -2.26. The van der Waals surface area contributed by atoms with Crippen LogP contribution in [0, 0.1) is 6.92 Å². The summed E-state index contributed by atoms with van der Waals surface area (Å²) in [6.45, 7) is 4.13. The molecule has 23 heavy (non-hydrogen) atoms. The number of likely N-dealkylation sites (tertiary alicyclic amines) is 1. The zero-order chi connectivity index (χ0) is 16.0. The van der Waals surface area contributed by atoms with Gasteiger partial charge >= 0.3 is 0 Å². The molecular weight excluding hydrogens is 308 g/mol. The Hall–Kier alpha value is -1.58. The SMILES string of the molecule is Cc1nc2c(o1)CCc1ccc(Cl)cc1C2=C1CCN(C)CC1. The average molecular weight is 329 g/mol. The fraction of sp³-hybridized carbons (Fsp3) is 0.421. The predicted molar refractivity (Wildman–Crippen MR) is 92.9 cm³/mol. The lowest BCUT2D eigenvalue weighted by atomic mass is 9.89. The molecule has 0 amide bonds. The van der Waals surface area contributed by atoms with Crippen molar-refractivity contribution in [3.63, 3.8) is 0 Å². The van der Waals surface area contributed by atoms with E-state index >= 15 is 0 Å². The van der Waals surface area contributed by atoms with Crippen molar-refractivity contribution in [2.75, 3.05) is 20.1 Å². The van der Waals surface area contributed by atoms with Gasteiger partial charge in [-0.25, -0.2) is 4.98 Å². The molecule has 2 aromatic rings. The van der Waals surface area contributed by atoms with Crippen molar-refractivity contribution in [3.05, 3.63) is 57.3 Å². The molecule has 1 saturated heterocycles. The van der Waals surface area contributed by atoms with Gasteiger partial charge in [0.25, 0.3) is 0 Å². The highest BCUT2D eigenvalue weighted by molar-refractivity contribution is 6.30. The molecule has 4 heteroatoms. The lowest BCUT2D eigenvalue weighted by Crippen LogP contribution is -2.27. The van der Waals surface area contributed by atoms with Crippen molar-refractivity contribution in [2.45, 2.75) is 32.6 Å². The normalized spacial score (nSPS) is 18.6. The summed E-state index contributed by atoms with van der Waals surface area (Å²) in [5.74, 6) is 1.78. The number of oxazole rings is 1. The number of benzene rings is 1. The smallest absolute Gasteiger partial charge is 0.191 e. The second-order valence-corrected chi connectivity index (χ2v) is 7.02. The largest absolute Gasteiger partial charge is 0.445 e. The summed E-state index contributed by atoms with van der Waals surface area (Å²) in [6, 6.07) is 6.26. The number of piperidine rings is 1. The van der Waals surface area contributed by atoms with E-state index in [0.717, 1.165) is 61.1 Å². The van der Waals surface area contributed by atoms with Gasteiger partial charge in [-0.15, -0.1) is 0 Å². The molecule has 0 bridgehead atoms. The van der Waals surface area contributed by atoms with Crippen LogP contribution in [0.1, 0.15) is 41.3 Å². The van der Waals surface area contributed by atoms with Crippen LogP contribution < -0.4 is 0 Å². The first kappa shape index (κ1) is 15.0. The molecule has 0 N–H and O–H groups in total. The summed E-state index contributed by atoms with van der Waals surface area (Å²) < 4.78 is 5.90. The molecule has 2 heterocycles. The van der Waals surface area contributed by atoms with Gasteiger partial charge in [0.1, 0.15) is 11.5 Å². The fourth-order valence-electron chi connectivity index (χ4n) is 3.71. The highest BCUT2D eigenvalue weighted by Crippen LogP contribution is 2.39. The molecule has 1 aliphatic heterocycles. The summed E-state index contributed by atoms with van der Waals surface area (Å²) >= 11 is 6.31. The Bertz CT molecular complexity index is 781. The van der Waals surface area contributed by atoms with Crippen molar-refractivity contribution < 1.29 is 4.42 Å². The minimum absolute atomic E-state index is 0.756. The van der Waals surface area contributed by atoms with Crippen molar-refractivity contribution in [3.8, 4) is 0 Å². The van der Waals surface area contributed by atoms with Crippen molar-refractivity contribution in [1.29, 1.82) is 0 Å². The maximum absolute atomic E-state index is 6.31. The number of rotatable bonds is 0. The molecule has 1 aliphatic carbocycles. The van der Waals surface area contributed by atoms with E-state index in [-0.39, 0.29) is 0 Å². The molecular formula is C19H21ClN2O. The molecule has 120 valence electrons. The van der Waals surface area contributed by atoms with Crippen LogP contribution in [0.4, 0.5) is 0 Å². The van der Waals surface area contributed by atoms with Crippen LogP contribution in [0.5, 0.6) is 0 Å². The topological polar surface area (TPSA) is 29.3 Å². The number of hydrogen-bond donors (Lipinski definition) is 0. The van der Waals surface area contributed by atoms with Crippen LogP contribution in [0.15, 0.2) is 28.2 Å². The molecule has 2 aliphatic rings. The van der Waals surface area contributed by atoms with E-state index in [1.165, 1.54) is 22.3 Å². The molecule has 3 nitrogen and oxygen atoms in total. The predicted octanol–water partition coefficient (Wildman–Crippen LogP) is 4.26. The molecule has 0 radical (unpaired) electrons. The Balaban J connectivity index is 1.95. The zero-order valence-electron chi connectivity index (χ0n) is 13.7. The van der Waals surface area contributed by atoms with Crippen molar-refractivity contribution in [2.24, 2.45) is 0 Å². The van der Waals surface area contributed by atoms with Crippen LogP contribution in [-0.2, 0) is 12.8 Å². The Labute approximate surface area is 142 Å². The lowest BCUT2D eigenvalue weighted by molar-refractivity contribution is 0.313. The van der Waals surface area contributed by atoms with Gasteiger partial charge in [0.2, 0.25) is 0 Å². The third kappa shape index (κ3) is 2.73. The Morgan fingerprint density at radius 3 is 2.70 bits per heavy atom. The minimum Gasteiger partial charge on any atom is -0.445 e. The molecule has 0 unspecified atom stereocenters. The van der Waals surface area contributed by atoms with Gasteiger partial charge in [-0.1, -0.05) is 23.2 Å². The van der Waals surface area contributed by atoms with E-state index in [1.54, 1.807) is 0 Å². The Kier molecular flexibility index (Phi) is 3.78.